The summed E-state index contributed by atoms with van der Waals surface area (Å²) in [6.07, 6.45) is 0. The summed E-state index contributed by atoms with van der Waals surface area (Å²) >= 11 is 6.38. The number of hydrogen-bond donors (Lipinski definition) is 0. The van der Waals surface area contributed by atoms with Gasteiger partial charge in [-0.05, 0) is 43.0 Å². The van der Waals surface area contributed by atoms with Gasteiger partial charge in [-0.1, -0.05) is 32.4 Å². The molecule has 4 heteroatoms. The largest absolute Gasteiger partial charge is 0.493 e. The monoisotopic (exact) mass is 307 g/mol. The zero-order chi connectivity index (χ0) is 15.6. The highest BCUT2D eigenvalue weighted by Crippen LogP contribution is 2.38. The van der Waals surface area contributed by atoms with Crippen molar-refractivity contribution in [1.82, 2.24) is 4.98 Å². The molecular weight excluding hydrogens is 286 g/mol. The quantitative estimate of drug-likeness (QED) is 0.746. The van der Waals surface area contributed by atoms with Gasteiger partial charge in [0.25, 0.3) is 0 Å². The van der Waals surface area contributed by atoms with Gasteiger partial charge >= 0.3 is 0 Å². The Hall–Kier alpha value is -1.48. The Kier molecular flexibility index (Phi) is 4.62. The Bertz CT molecular complexity index is 647. The molecule has 2 aromatic rings. The standard InChI is InChI=1S/C17H22ClNO2/c1-6-20-13-8-9-14(21-7-2)15-11(13)10-12(16(18)19-15)17(3,4)5/h8-10H,6-7H2,1-5H3. The number of ether oxygens (including phenoxy) is 2. The number of benzene rings is 1. The van der Waals surface area contributed by atoms with E-state index in [0.29, 0.717) is 18.4 Å². The van der Waals surface area contributed by atoms with E-state index in [0.717, 1.165) is 28.0 Å². The summed E-state index contributed by atoms with van der Waals surface area (Å²) in [6.45, 7) is 11.5. The lowest BCUT2D eigenvalue weighted by atomic mass is 9.87. The van der Waals surface area contributed by atoms with Crippen molar-refractivity contribution < 1.29 is 9.47 Å². The third kappa shape index (κ3) is 3.24. The molecule has 0 N–H and O–H groups in total. The highest BCUT2D eigenvalue weighted by atomic mass is 35.5. The van der Waals surface area contributed by atoms with Crippen LogP contribution < -0.4 is 9.47 Å². The van der Waals surface area contributed by atoms with E-state index < -0.39 is 0 Å². The summed E-state index contributed by atoms with van der Waals surface area (Å²) in [6, 6.07) is 5.88. The van der Waals surface area contributed by atoms with Crippen molar-refractivity contribution in [2.45, 2.75) is 40.0 Å². The Morgan fingerprint density at radius 1 is 1.05 bits per heavy atom. The number of aromatic nitrogens is 1. The minimum absolute atomic E-state index is 0.0800. The molecule has 0 aliphatic heterocycles. The molecular formula is C17H22ClNO2. The van der Waals surface area contributed by atoms with Crippen LogP contribution in [0.4, 0.5) is 0 Å². The average Bonchev–Trinajstić information content (AvgIpc) is 2.40. The lowest BCUT2D eigenvalue weighted by Crippen LogP contribution is -2.13. The van der Waals surface area contributed by atoms with Gasteiger partial charge in [0.05, 0.1) is 13.2 Å². The molecule has 21 heavy (non-hydrogen) atoms. The number of nitrogens with zero attached hydrogens (tertiary/aromatic N) is 1. The molecule has 0 aliphatic rings. The van der Waals surface area contributed by atoms with Crippen LogP contribution in [0, 0.1) is 0 Å². The van der Waals surface area contributed by atoms with E-state index in [-0.39, 0.29) is 5.41 Å². The lowest BCUT2D eigenvalue weighted by molar-refractivity contribution is 0.336. The summed E-state index contributed by atoms with van der Waals surface area (Å²) < 4.78 is 11.4. The smallest absolute Gasteiger partial charge is 0.145 e. The summed E-state index contributed by atoms with van der Waals surface area (Å²) in [5, 5.41) is 1.46. The van der Waals surface area contributed by atoms with Gasteiger partial charge in [0.1, 0.15) is 22.2 Å². The van der Waals surface area contributed by atoms with Crippen LogP contribution in [-0.4, -0.2) is 18.2 Å². The Balaban J connectivity index is 2.75. The second-order valence-corrected chi connectivity index (χ2v) is 6.26. The van der Waals surface area contributed by atoms with E-state index in [4.69, 9.17) is 21.1 Å². The SMILES string of the molecule is CCOc1ccc(OCC)c2nc(Cl)c(C(C)(C)C)cc12. The van der Waals surface area contributed by atoms with Crippen molar-refractivity contribution in [2.24, 2.45) is 0 Å². The molecule has 0 spiro atoms. The van der Waals surface area contributed by atoms with Gasteiger partial charge in [-0.15, -0.1) is 0 Å². The fourth-order valence-corrected chi connectivity index (χ4v) is 2.69. The predicted octanol–water partition coefficient (Wildman–Crippen LogP) is 4.98. The van der Waals surface area contributed by atoms with Gasteiger partial charge in [-0.3, -0.25) is 0 Å². The topological polar surface area (TPSA) is 31.4 Å². The second kappa shape index (κ2) is 6.10. The van der Waals surface area contributed by atoms with E-state index >= 15 is 0 Å². The molecule has 1 heterocycles. The fraction of sp³-hybridized carbons (Fsp3) is 0.471. The van der Waals surface area contributed by atoms with Gasteiger partial charge < -0.3 is 9.47 Å². The number of rotatable bonds is 4. The maximum Gasteiger partial charge on any atom is 0.145 e. The molecule has 2 rings (SSSR count). The van der Waals surface area contributed by atoms with Crippen LogP contribution in [0.1, 0.15) is 40.2 Å². The third-order valence-electron chi connectivity index (χ3n) is 3.27. The normalized spacial score (nSPS) is 11.7. The molecule has 114 valence electrons. The van der Waals surface area contributed by atoms with Crippen molar-refractivity contribution in [1.29, 1.82) is 0 Å². The first kappa shape index (κ1) is 15.9. The summed E-state index contributed by atoms with van der Waals surface area (Å²) in [5.74, 6) is 1.55. The molecule has 0 saturated heterocycles. The molecule has 0 aliphatic carbocycles. The molecule has 1 aromatic carbocycles. The van der Waals surface area contributed by atoms with Crippen LogP contribution in [0.5, 0.6) is 11.5 Å². The molecule has 0 fully saturated rings. The lowest BCUT2D eigenvalue weighted by Gasteiger charge is -2.21. The molecule has 0 radical (unpaired) electrons. The van der Waals surface area contributed by atoms with Gasteiger partial charge in [0.15, 0.2) is 0 Å². The zero-order valence-electron chi connectivity index (χ0n) is 13.3. The summed E-state index contributed by atoms with van der Waals surface area (Å²) in [7, 11) is 0. The Morgan fingerprint density at radius 2 is 1.62 bits per heavy atom. The molecule has 0 bridgehead atoms. The maximum atomic E-state index is 6.38. The van der Waals surface area contributed by atoms with Crippen molar-refractivity contribution in [2.75, 3.05) is 13.2 Å². The zero-order valence-corrected chi connectivity index (χ0v) is 14.0. The predicted molar refractivity (Wildman–Crippen MR) is 87.8 cm³/mol. The molecule has 0 atom stereocenters. The molecule has 1 aromatic heterocycles. The summed E-state index contributed by atoms with van der Waals surface area (Å²) in [4.78, 5) is 4.56. The van der Waals surface area contributed by atoms with E-state index in [1.807, 2.05) is 26.0 Å². The van der Waals surface area contributed by atoms with Crippen molar-refractivity contribution in [3.63, 3.8) is 0 Å². The van der Waals surface area contributed by atoms with Crippen LogP contribution >= 0.6 is 11.6 Å². The van der Waals surface area contributed by atoms with Crippen molar-refractivity contribution >= 4 is 22.5 Å². The Morgan fingerprint density at radius 3 is 2.19 bits per heavy atom. The fourth-order valence-electron chi connectivity index (χ4n) is 2.27. The Labute approximate surface area is 131 Å². The van der Waals surface area contributed by atoms with E-state index in [1.54, 1.807) is 0 Å². The number of pyridine rings is 1. The number of hydrogen-bond acceptors (Lipinski definition) is 3. The molecule has 0 amide bonds. The molecule has 0 saturated carbocycles. The second-order valence-electron chi connectivity index (χ2n) is 5.90. The molecule has 3 nitrogen and oxygen atoms in total. The van der Waals surface area contributed by atoms with E-state index in [1.165, 1.54) is 0 Å². The van der Waals surface area contributed by atoms with Crippen LogP contribution in [0.25, 0.3) is 10.9 Å². The minimum Gasteiger partial charge on any atom is -0.493 e. The van der Waals surface area contributed by atoms with Gasteiger partial charge in [-0.25, -0.2) is 4.98 Å². The van der Waals surface area contributed by atoms with Crippen LogP contribution in [0.3, 0.4) is 0 Å². The highest BCUT2D eigenvalue weighted by molar-refractivity contribution is 6.30. The highest BCUT2D eigenvalue weighted by Gasteiger charge is 2.21. The van der Waals surface area contributed by atoms with Gasteiger partial charge in [0.2, 0.25) is 0 Å². The van der Waals surface area contributed by atoms with Crippen LogP contribution in [0.2, 0.25) is 5.15 Å². The maximum absolute atomic E-state index is 6.38. The first-order valence-electron chi connectivity index (χ1n) is 7.27. The minimum atomic E-state index is -0.0800. The van der Waals surface area contributed by atoms with Crippen LogP contribution in [0.15, 0.2) is 18.2 Å². The van der Waals surface area contributed by atoms with E-state index in [2.05, 4.69) is 31.8 Å². The number of fused-ring (bicyclic) bond motifs is 1. The first-order chi connectivity index (χ1) is 9.88. The van der Waals surface area contributed by atoms with Crippen LogP contribution in [-0.2, 0) is 5.41 Å². The average molecular weight is 308 g/mol. The van der Waals surface area contributed by atoms with E-state index in [9.17, 15) is 0 Å². The van der Waals surface area contributed by atoms with Crippen molar-refractivity contribution in [3.05, 3.63) is 28.9 Å². The molecule has 0 unspecified atom stereocenters. The number of halogens is 1. The van der Waals surface area contributed by atoms with Crippen molar-refractivity contribution in [3.8, 4) is 11.5 Å². The summed E-state index contributed by atoms with van der Waals surface area (Å²) in [5.41, 5.74) is 1.68. The first-order valence-corrected chi connectivity index (χ1v) is 7.65. The van der Waals surface area contributed by atoms with Gasteiger partial charge in [0, 0.05) is 5.39 Å². The van der Waals surface area contributed by atoms with Gasteiger partial charge in [-0.2, -0.15) is 0 Å². The third-order valence-corrected chi connectivity index (χ3v) is 3.56.